The minimum atomic E-state index is -0.0662. The summed E-state index contributed by atoms with van der Waals surface area (Å²) in [6.07, 6.45) is 2.07. The van der Waals surface area contributed by atoms with Gasteiger partial charge in [0.1, 0.15) is 6.54 Å². The van der Waals surface area contributed by atoms with E-state index in [1.807, 2.05) is 6.07 Å². The number of carbonyl (C=O) groups excluding carboxylic acids is 1. The third-order valence-electron chi connectivity index (χ3n) is 3.88. The van der Waals surface area contributed by atoms with E-state index in [9.17, 15) is 4.79 Å². The van der Waals surface area contributed by atoms with Gasteiger partial charge in [0.15, 0.2) is 11.7 Å². The van der Waals surface area contributed by atoms with E-state index in [4.69, 9.17) is 9.26 Å². The maximum atomic E-state index is 11.7. The summed E-state index contributed by atoms with van der Waals surface area (Å²) in [7, 11) is 5.05. The summed E-state index contributed by atoms with van der Waals surface area (Å²) in [5.74, 6) is 1.63. The lowest BCUT2D eigenvalue weighted by molar-refractivity contribution is -0.127. The van der Waals surface area contributed by atoms with Gasteiger partial charge in [-0.2, -0.15) is 0 Å². The first kappa shape index (κ1) is 21.0. The predicted octanol–water partition coefficient (Wildman–Crippen LogP) is 1.35. The summed E-state index contributed by atoms with van der Waals surface area (Å²) in [6.45, 7) is 5.95. The number of guanidine groups is 1. The number of aliphatic imine (C=N–C) groups is 1. The van der Waals surface area contributed by atoms with Crippen molar-refractivity contribution < 1.29 is 14.1 Å². The topological polar surface area (TPSA) is 92.0 Å². The van der Waals surface area contributed by atoms with Gasteiger partial charge in [-0.05, 0) is 12.8 Å². The minimum Gasteiger partial charge on any atom is -0.383 e. The van der Waals surface area contributed by atoms with E-state index in [0.29, 0.717) is 31.6 Å². The number of hydrogen-bond donors (Lipinski definition) is 2. The summed E-state index contributed by atoms with van der Waals surface area (Å²) in [5.41, 5.74) is 0.982. The fraction of sp³-hybridized carbons (Fsp3) is 0.706. The molecule has 0 aromatic carbocycles. The average molecular weight is 353 g/mol. The van der Waals surface area contributed by atoms with Gasteiger partial charge in [-0.3, -0.25) is 4.79 Å². The highest BCUT2D eigenvalue weighted by Crippen LogP contribution is 2.22. The summed E-state index contributed by atoms with van der Waals surface area (Å²) < 4.78 is 10.4. The Morgan fingerprint density at radius 1 is 1.36 bits per heavy atom. The van der Waals surface area contributed by atoms with E-state index in [1.54, 1.807) is 21.2 Å². The average Bonchev–Trinajstić information content (AvgIpc) is 3.06. The van der Waals surface area contributed by atoms with Crippen LogP contribution in [0, 0.1) is 0 Å². The van der Waals surface area contributed by atoms with Gasteiger partial charge in [0.2, 0.25) is 5.91 Å². The maximum Gasteiger partial charge on any atom is 0.243 e. The molecule has 0 saturated heterocycles. The zero-order valence-corrected chi connectivity index (χ0v) is 16.0. The van der Waals surface area contributed by atoms with Crippen LogP contribution in [0.15, 0.2) is 15.6 Å². The number of carbonyl (C=O) groups is 1. The van der Waals surface area contributed by atoms with E-state index >= 15 is 0 Å². The van der Waals surface area contributed by atoms with Gasteiger partial charge in [-0.1, -0.05) is 19.0 Å². The molecule has 2 N–H and O–H groups in total. The normalized spacial score (nSPS) is 11.7. The van der Waals surface area contributed by atoms with Crippen molar-refractivity contribution in [3.63, 3.8) is 0 Å². The number of rotatable bonds is 10. The van der Waals surface area contributed by atoms with Gasteiger partial charge in [0, 0.05) is 39.7 Å². The van der Waals surface area contributed by atoms with Crippen molar-refractivity contribution in [2.45, 2.75) is 39.2 Å². The number of ether oxygens (including phenoxy) is 1. The molecular weight excluding hydrogens is 322 g/mol. The Morgan fingerprint density at radius 2 is 2.08 bits per heavy atom. The van der Waals surface area contributed by atoms with E-state index in [2.05, 4.69) is 34.6 Å². The number of nitrogens with zero attached hydrogens (tertiary/aromatic N) is 3. The van der Waals surface area contributed by atoms with Crippen LogP contribution in [0.1, 0.15) is 44.1 Å². The summed E-state index contributed by atoms with van der Waals surface area (Å²) in [5, 5.41) is 10.4. The number of likely N-dealkylation sites (N-methyl/N-ethyl adjacent to an activating group) is 1. The molecule has 1 rings (SSSR count). The summed E-state index contributed by atoms with van der Waals surface area (Å²) in [4.78, 5) is 17.5. The fourth-order valence-corrected chi connectivity index (χ4v) is 2.22. The van der Waals surface area contributed by atoms with Crippen molar-refractivity contribution in [2.24, 2.45) is 4.99 Å². The molecule has 8 nitrogen and oxygen atoms in total. The van der Waals surface area contributed by atoms with E-state index in [-0.39, 0.29) is 12.5 Å². The Kier molecular flexibility index (Phi) is 9.61. The second-order valence-electron chi connectivity index (χ2n) is 5.96. The molecule has 1 aromatic heterocycles. The molecule has 0 fully saturated rings. The van der Waals surface area contributed by atoms with Crippen LogP contribution in [0.25, 0.3) is 0 Å². The van der Waals surface area contributed by atoms with Crippen molar-refractivity contribution in [1.29, 1.82) is 0 Å². The second kappa shape index (κ2) is 11.5. The molecule has 1 heterocycles. The van der Waals surface area contributed by atoms with Crippen LogP contribution in [0.2, 0.25) is 0 Å². The van der Waals surface area contributed by atoms with Gasteiger partial charge < -0.3 is 24.8 Å². The Morgan fingerprint density at radius 3 is 2.68 bits per heavy atom. The van der Waals surface area contributed by atoms with Crippen LogP contribution in [-0.4, -0.2) is 62.8 Å². The minimum absolute atomic E-state index is 0.0662. The number of amides is 1. The van der Waals surface area contributed by atoms with Crippen LogP contribution in [-0.2, 0) is 16.1 Å². The van der Waals surface area contributed by atoms with Crippen LogP contribution < -0.4 is 10.6 Å². The molecule has 0 unspecified atom stereocenters. The first-order valence-corrected chi connectivity index (χ1v) is 8.68. The molecule has 142 valence electrons. The van der Waals surface area contributed by atoms with Crippen molar-refractivity contribution in [3.8, 4) is 0 Å². The number of methoxy groups -OCH3 is 1. The van der Waals surface area contributed by atoms with Crippen molar-refractivity contribution in [3.05, 3.63) is 17.5 Å². The SMILES string of the molecule is CCC(CC)c1cc(CNC(=NCC(=O)N(C)C)NCCOC)on1. The summed E-state index contributed by atoms with van der Waals surface area (Å²) in [6, 6.07) is 1.97. The van der Waals surface area contributed by atoms with E-state index in [0.717, 1.165) is 24.3 Å². The largest absolute Gasteiger partial charge is 0.383 e. The highest BCUT2D eigenvalue weighted by atomic mass is 16.5. The molecule has 0 bridgehead atoms. The van der Waals surface area contributed by atoms with Crippen molar-refractivity contribution in [2.75, 3.05) is 40.9 Å². The van der Waals surface area contributed by atoms with Crippen molar-refractivity contribution in [1.82, 2.24) is 20.7 Å². The molecule has 0 aliphatic carbocycles. The lowest BCUT2D eigenvalue weighted by atomic mass is 9.99. The molecule has 1 amide bonds. The highest BCUT2D eigenvalue weighted by Gasteiger charge is 2.13. The number of nitrogens with one attached hydrogen (secondary N) is 2. The third-order valence-corrected chi connectivity index (χ3v) is 3.88. The highest BCUT2D eigenvalue weighted by molar-refractivity contribution is 5.84. The third kappa shape index (κ3) is 7.55. The number of hydrogen-bond acceptors (Lipinski definition) is 5. The van der Waals surface area contributed by atoms with Crippen molar-refractivity contribution >= 4 is 11.9 Å². The molecule has 0 saturated carbocycles. The maximum absolute atomic E-state index is 11.7. The van der Waals surface area contributed by atoms with E-state index < -0.39 is 0 Å². The van der Waals surface area contributed by atoms with Crippen LogP contribution >= 0.6 is 0 Å². The molecule has 0 aliphatic heterocycles. The summed E-state index contributed by atoms with van der Waals surface area (Å²) >= 11 is 0. The van der Waals surface area contributed by atoms with Gasteiger partial charge in [0.05, 0.1) is 18.8 Å². The lowest BCUT2D eigenvalue weighted by Gasteiger charge is -2.12. The van der Waals surface area contributed by atoms with E-state index in [1.165, 1.54) is 4.90 Å². The smallest absolute Gasteiger partial charge is 0.243 e. The molecule has 0 spiro atoms. The zero-order chi connectivity index (χ0) is 18.7. The molecule has 0 atom stereocenters. The number of aromatic nitrogens is 1. The Balaban J connectivity index is 2.64. The first-order valence-electron chi connectivity index (χ1n) is 8.68. The quantitative estimate of drug-likeness (QED) is 0.375. The Bertz CT molecular complexity index is 538. The second-order valence-corrected chi connectivity index (χ2v) is 5.96. The monoisotopic (exact) mass is 353 g/mol. The molecule has 1 aromatic rings. The van der Waals surface area contributed by atoms with Gasteiger partial charge in [-0.25, -0.2) is 4.99 Å². The zero-order valence-electron chi connectivity index (χ0n) is 16.0. The Hall–Kier alpha value is -2.09. The first-order chi connectivity index (χ1) is 12.0. The van der Waals surface area contributed by atoms with Gasteiger partial charge in [0.25, 0.3) is 0 Å². The molecule has 8 heteroatoms. The van der Waals surface area contributed by atoms with Crippen LogP contribution in [0.3, 0.4) is 0 Å². The van der Waals surface area contributed by atoms with Crippen LogP contribution in [0.4, 0.5) is 0 Å². The molecule has 25 heavy (non-hydrogen) atoms. The lowest BCUT2D eigenvalue weighted by Crippen LogP contribution is -2.39. The molecule has 0 aliphatic rings. The molecule has 0 radical (unpaired) electrons. The fourth-order valence-electron chi connectivity index (χ4n) is 2.22. The van der Waals surface area contributed by atoms with Gasteiger partial charge in [-0.15, -0.1) is 0 Å². The Labute approximate surface area is 150 Å². The predicted molar refractivity (Wildman–Crippen MR) is 97.5 cm³/mol. The van der Waals surface area contributed by atoms with Gasteiger partial charge >= 0.3 is 0 Å². The molecular formula is C17H31N5O3. The standard InChI is InChI=1S/C17H31N5O3/c1-6-13(7-2)15-10-14(25-21-15)11-19-17(18-8-9-24-5)20-12-16(23)22(3)4/h10,13H,6-9,11-12H2,1-5H3,(H2,18,19,20). The van der Waals surface area contributed by atoms with Crippen LogP contribution in [0.5, 0.6) is 0 Å².